The molecule has 0 radical (unpaired) electrons. The predicted molar refractivity (Wildman–Crippen MR) is 297 cm³/mol. The Bertz CT molecular complexity index is 2470. The first-order chi connectivity index (χ1) is 39.3. The number of rotatable bonds is 23. The highest BCUT2D eigenvalue weighted by Crippen LogP contribution is 2.47. The molecule has 4 saturated heterocycles. The number of hydrogen-bond acceptors (Lipinski definition) is 23. The Balaban J connectivity index is 1.74. The van der Waals surface area contributed by atoms with Gasteiger partial charge in [-0.15, -0.1) is 0 Å². The molecule has 0 spiro atoms. The summed E-state index contributed by atoms with van der Waals surface area (Å²) in [5.74, 6) is -12.3. The Labute approximate surface area is 504 Å². The number of nitrogens with one attached hydrogen (secondary N) is 2. The smallest absolute Gasteiger partial charge is 0.366 e. The van der Waals surface area contributed by atoms with E-state index in [1.54, 1.807) is 39.0 Å². The van der Waals surface area contributed by atoms with Crippen molar-refractivity contribution in [3.05, 3.63) is 35.9 Å². The predicted octanol–water partition coefficient (Wildman–Crippen LogP) is 6.16. The number of carbonyl (C=O) groups is 8. The van der Waals surface area contributed by atoms with Crippen molar-refractivity contribution in [1.82, 2.24) is 5.32 Å². The molecular formula is C57H81Cl3N2O22. The minimum atomic E-state index is -2.36. The van der Waals surface area contributed by atoms with Gasteiger partial charge < -0.3 is 77.0 Å². The summed E-state index contributed by atoms with van der Waals surface area (Å²) in [7, 11) is 1.12. The second-order valence-electron chi connectivity index (χ2n) is 22.2. The van der Waals surface area contributed by atoms with Crippen LogP contribution in [0.1, 0.15) is 113 Å². The highest BCUT2D eigenvalue weighted by atomic mass is 35.6. The van der Waals surface area contributed by atoms with Crippen LogP contribution in [0.4, 0.5) is 0 Å². The van der Waals surface area contributed by atoms with Gasteiger partial charge in [0.1, 0.15) is 50.8 Å². The van der Waals surface area contributed by atoms with Crippen molar-refractivity contribution in [2.24, 2.45) is 41.4 Å². The van der Waals surface area contributed by atoms with Crippen molar-refractivity contribution in [2.75, 3.05) is 33.5 Å². The molecule has 5 rings (SSSR count). The molecule has 1 aromatic rings. The number of esters is 7. The molecule has 4 heterocycles. The van der Waals surface area contributed by atoms with Gasteiger partial charge in [0.25, 0.3) is 5.79 Å². The van der Waals surface area contributed by atoms with Crippen LogP contribution >= 0.6 is 34.8 Å². The molecule has 472 valence electrons. The number of benzene rings is 1. The summed E-state index contributed by atoms with van der Waals surface area (Å²) < 4.78 is 85.1. The molecule has 4 aliphatic rings. The second-order valence-corrected chi connectivity index (χ2v) is 24.5. The van der Waals surface area contributed by atoms with E-state index in [4.69, 9.17) is 107 Å². The molecule has 84 heavy (non-hydrogen) atoms. The van der Waals surface area contributed by atoms with E-state index in [1.165, 1.54) is 53.7 Å². The zero-order valence-electron chi connectivity index (χ0n) is 49.8. The Morgan fingerprint density at radius 2 is 1.21 bits per heavy atom. The molecule has 0 aromatic heterocycles. The van der Waals surface area contributed by atoms with E-state index in [1.807, 2.05) is 27.7 Å². The minimum absolute atomic E-state index is 0.158. The average Bonchev–Trinajstić information content (AvgIpc) is 1.06. The van der Waals surface area contributed by atoms with Crippen molar-refractivity contribution in [2.45, 2.75) is 192 Å². The fourth-order valence-electron chi connectivity index (χ4n) is 11.0. The summed E-state index contributed by atoms with van der Waals surface area (Å²) in [5, 5.41) is 11.8. The number of ether oxygens (including phenoxy) is 14. The number of hydrogen-bond donors (Lipinski definition) is 2. The van der Waals surface area contributed by atoms with E-state index in [0.717, 1.165) is 7.11 Å². The summed E-state index contributed by atoms with van der Waals surface area (Å²) in [6.45, 7) is 18.1. The average molecular weight is 1250 g/mol. The van der Waals surface area contributed by atoms with Crippen LogP contribution in [-0.2, 0) is 99.9 Å². The minimum Gasteiger partial charge on any atom is -0.465 e. The molecular weight excluding hydrogens is 1170 g/mol. The van der Waals surface area contributed by atoms with Crippen molar-refractivity contribution in [3.8, 4) is 0 Å². The number of methoxy groups -OCH3 is 1. The molecule has 4 aliphatic heterocycles. The molecule has 0 bridgehead atoms. The largest absolute Gasteiger partial charge is 0.465 e. The van der Waals surface area contributed by atoms with E-state index in [-0.39, 0.29) is 37.5 Å². The van der Waals surface area contributed by atoms with Crippen LogP contribution in [0.5, 0.6) is 0 Å². The topological polar surface area (TPSA) is 302 Å². The highest BCUT2D eigenvalue weighted by molar-refractivity contribution is 6.76. The van der Waals surface area contributed by atoms with E-state index in [2.05, 4.69) is 5.32 Å². The zero-order valence-corrected chi connectivity index (χ0v) is 52.1. The third-order valence-corrected chi connectivity index (χ3v) is 16.7. The molecule has 0 saturated carbocycles. The Morgan fingerprint density at radius 3 is 1.76 bits per heavy atom. The van der Waals surface area contributed by atoms with Gasteiger partial charge in [0.15, 0.2) is 18.7 Å². The van der Waals surface area contributed by atoms with Crippen molar-refractivity contribution >= 4 is 88.2 Å². The van der Waals surface area contributed by atoms with Gasteiger partial charge in [-0.3, -0.25) is 28.8 Å². The van der Waals surface area contributed by atoms with Gasteiger partial charge in [-0.2, -0.15) is 0 Å². The van der Waals surface area contributed by atoms with E-state index < -0.39 is 191 Å². The van der Waals surface area contributed by atoms with E-state index in [0.29, 0.717) is 0 Å². The third-order valence-electron chi connectivity index (χ3n) is 16.0. The fraction of sp³-hybridized carbons (Fsp3) is 0.737. The first-order valence-corrected chi connectivity index (χ1v) is 29.0. The van der Waals surface area contributed by atoms with Gasteiger partial charge >= 0.3 is 41.8 Å². The monoisotopic (exact) mass is 1250 g/mol. The summed E-state index contributed by atoms with van der Waals surface area (Å²) >= 11 is 18.9. The maximum Gasteiger partial charge on any atom is 0.366 e. The van der Waals surface area contributed by atoms with E-state index >= 15 is 0 Å². The Kier molecular flexibility index (Phi) is 25.6. The standard InChI is InChI=1S/C57H81Cl3N2O22/c1-26-21-56(55(70)71-14,83-47(27(26)2)31(6)42(76-37(12)67)23-73-35(10)65)84-49-30(5)40(20-45(61)57(58,59)60)78-44(25-75-52(69)39-18-16-15-17-19-39)51(49)82-53-46(62-33(8)63)48(32(7)43(79-53)24-74-36(11)66)81-54-50(77-38(13)68)29(4)28(3)41(80-54)22-72-34(9)64/h15-19,26-32,40-44,46-51,53-54,61H,20-25H2,1-14H3,(H,62,63)/t26?,27-,28-,29+,30?,31-,32+,40?,41?,42-,43?,44?,46?,47-,48+,49-,50?,51+,53+,54+,56+/m1/s1. The number of alkyl halides is 3. The van der Waals surface area contributed by atoms with Crippen LogP contribution < -0.4 is 5.32 Å². The molecule has 24 nitrogen and oxygen atoms in total. The summed E-state index contributed by atoms with van der Waals surface area (Å²) in [5.41, 5.74) is -0.260. The molecule has 8 unspecified atom stereocenters. The van der Waals surface area contributed by atoms with Gasteiger partial charge in [-0.05, 0) is 29.9 Å². The fourth-order valence-corrected chi connectivity index (χ4v) is 11.3. The molecule has 2 N–H and O–H groups in total. The lowest BCUT2D eigenvalue weighted by Crippen LogP contribution is -2.68. The number of amides is 1. The van der Waals surface area contributed by atoms with Crippen molar-refractivity contribution in [1.29, 1.82) is 5.41 Å². The van der Waals surface area contributed by atoms with Crippen LogP contribution in [0, 0.1) is 46.8 Å². The molecule has 1 aromatic carbocycles. The lowest BCUT2D eigenvalue weighted by atomic mass is 9.76. The highest BCUT2D eigenvalue weighted by Gasteiger charge is 2.60. The normalized spacial score (nSPS) is 34.1. The molecule has 21 atom stereocenters. The van der Waals surface area contributed by atoms with Crippen molar-refractivity contribution in [3.63, 3.8) is 0 Å². The number of carbonyl (C=O) groups excluding carboxylic acids is 8. The molecule has 4 fully saturated rings. The second kappa shape index (κ2) is 30.7. The van der Waals surface area contributed by atoms with Crippen molar-refractivity contribution < 1.29 is 105 Å². The number of halogens is 3. The third kappa shape index (κ3) is 18.4. The Morgan fingerprint density at radius 1 is 0.655 bits per heavy atom. The quantitative estimate of drug-likeness (QED) is 0.0536. The van der Waals surface area contributed by atoms with Crippen LogP contribution in [0.15, 0.2) is 30.3 Å². The van der Waals surface area contributed by atoms with Crippen LogP contribution in [0.3, 0.4) is 0 Å². The first kappa shape index (κ1) is 70.0. The zero-order chi connectivity index (χ0) is 62.7. The summed E-state index contributed by atoms with van der Waals surface area (Å²) in [6, 6.07) is 6.64. The van der Waals surface area contributed by atoms with E-state index in [9.17, 15) is 38.4 Å². The molecule has 1 amide bonds. The summed E-state index contributed by atoms with van der Waals surface area (Å²) in [4.78, 5) is 104. The summed E-state index contributed by atoms with van der Waals surface area (Å²) in [6.07, 6.45) is -15.6. The molecule has 27 heteroatoms. The maximum atomic E-state index is 14.8. The molecule has 0 aliphatic carbocycles. The van der Waals surface area contributed by atoms with Gasteiger partial charge in [0.2, 0.25) is 9.70 Å². The van der Waals surface area contributed by atoms with Crippen LogP contribution in [0.2, 0.25) is 0 Å². The van der Waals surface area contributed by atoms with Gasteiger partial charge in [0, 0.05) is 78.1 Å². The van der Waals surface area contributed by atoms with Gasteiger partial charge in [-0.1, -0.05) is 101 Å². The maximum absolute atomic E-state index is 14.8. The van der Waals surface area contributed by atoms with Gasteiger partial charge in [0.05, 0.1) is 55.0 Å². The van der Waals surface area contributed by atoms with Crippen LogP contribution in [-0.4, -0.2) is 176 Å². The lowest BCUT2D eigenvalue weighted by Gasteiger charge is -2.53. The van der Waals surface area contributed by atoms with Crippen LogP contribution in [0.25, 0.3) is 0 Å². The SMILES string of the molecule is COC(=O)[C@@]1(O[C@@H]2C(C)C(CC(=N)C(Cl)(Cl)Cl)OC(COC(=O)c3ccccc3)[C@@H]2O[C@@H]2OC(COC(C)=O)[C@H](C)[C@H](O[C@@H]3OC(COC(C)=O)[C@H](C)[C@H](C)C3OC(C)=O)C2NC(C)=O)CC(C)[C@@H](C)[C@H]([C@H](C)[C@@H](COC(C)=O)OC(C)=O)O1. The van der Waals surface area contributed by atoms with Gasteiger partial charge in [-0.25, -0.2) is 9.59 Å². The lowest BCUT2D eigenvalue weighted by molar-refractivity contribution is -0.370. The Hall–Kier alpha value is -4.76. The first-order valence-electron chi connectivity index (χ1n) is 27.9.